The summed E-state index contributed by atoms with van der Waals surface area (Å²) in [6.45, 7) is 5.11. The Labute approximate surface area is 174 Å². The molecular weight excluding hydrogens is 382 g/mol. The van der Waals surface area contributed by atoms with Crippen molar-refractivity contribution in [2.45, 2.75) is 19.5 Å². The third kappa shape index (κ3) is 4.28. The van der Waals surface area contributed by atoms with E-state index in [4.69, 9.17) is 4.74 Å². The molecule has 2 amide bonds. The minimum absolute atomic E-state index is 0.250. The average molecular weight is 407 g/mol. The van der Waals surface area contributed by atoms with Gasteiger partial charge in [-0.1, -0.05) is 36.4 Å². The molecule has 156 valence electrons. The van der Waals surface area contributed by atoms with E-state index in [1.54, 1.807) is 6.92 Å². The van der Waals surface area contributed by atoms with E-state index in [9.17, 15) is 9.59 Å². The number of nitrogens with zero attached hydrogens (tertiary/aromatic N) is 2. The summed E-state index contributed by atoms with van der Waals surface area (Å²) in [6.07, 6.45) is 0. The molecule has 3 N–H and O–H groups in total. The van der Waals surface area contributed by atoms with Gasteiger partial charge in [0.25, 0.3) is 5.91 Å². The quantitative estimate of drug-likeness (QED) is 0.579. The monoisotopic (exact) mass is 407 g/mol. The fraction of sp³-hybridized carbons (Fsp3) is 0.318. The van der Waals surface area contributed by atoms with Crippen LogP contribution in [0.5, 0.6) is 0 Å². The number of amides is 2. The van der Waals surface area contributed by atoms with Crippen LogP contribution in [0, 0.1) is 0 Å². The fourth-order valence-electron chi connectivity index (χ4n) is 3.58. The molecule has 1 aliphatic rings. The van der Waals surface area contributed by atoms with E-state index in [1.165, 1.54) is 0 Å². The van der Waals surface area contributed by atoms with Gasteiger partial charge in [-0.2, -0.15) is 5.10 Å². The number of H-pyrrole nitrogens is 1. The van der Waals surface area contributed by atoms with Crippen LogP contribution in [0.3, 0.4) is 0 Å². The number of rotatable bonds is 6. The molecule has 3 aromatic rings. The minimum atomic E-state index is -0.691. The van der Waals surface area contributed by atoms with E-state index >= 15 is 0 Å². The van der Waals surface area contributed by atoms with Crippen LogP contribution in [0.1, 0.15) is 23.0 Å². The molecule has 4 rings (SSSR count). The molecule has 1 unspecified atom stereocenters. The van der Waals surface area contributed by atoms with Crippen molar-refractivity contribution in [1.29, 1.82) is 0 Å². The Morgan fingerprint density at radius 1 is 1.13 bits per heavy atom. The third-order valence-electron chi connectivity index (χ3n) is 5.22. The van der Waals surface area contributed by atoms with E-state index < -0.39 is 6.04 Å². The highest BCUT2D eigenvalue weighted by Gasteiger charge is 2.21. The summed E-state index contributed by atoms with van der Waals surface area (Å²) in [4.78, 5) is 27.4. The lowest BCUT2D eigenvalue weighted by Gasteiger charge is -2.30. The molecule has 2 aromatic carbocycles. The van der Waals surface area contributed by atoms with Crippen LogP contribution in [-0.4, -0.2) is 54.4 Å². The van der Waals surface area contributed by atoms with Crippen LogP contribution in [0.15, 0.2) is 48.5 Å². The summed E-state index contributed by atoms with van der Waals surface area (Å²) in [5.41, 5.74) is 3.19. The molecule has 0 spiro atoms. The lowest BCUT2D eigenvalue weighted by atomic mass is 10.1. The maximum Gasteiger partial charge on any atom is 0.273 e. The molecule has 8 heteroatoms. The van der Waals surface area contributed by atoms with Crippen LogP contribution >= 0.6 is 0 Å². The normalized spacial score (nSPS) is 15.0. The number of fused-ring (bicyclic) bond motifs is 1. The number of nitrogens with one attached hydrogen (secondary N) is 3. The number of hydrogen-bond acceptors (Lipinski definition) is 5. The second-order valence-electron chi connectivity index (χ2n) is 7.26. The van der Waals surface area contributed by atoms with Gasteiger partial charge in [-0.3, -0.25) is 14.7 Å². The molecule has 2 heterocycles. The Morgan fingerprint density at radius 3 is 2.70 bits per heavy atom. The summed E-state index contributed by atoms with van der Waals surface area (Å²) in [6, 6.07) is 14.7. The maximum absolute atomic E-state index is 12.6. The van der Waals surface area contributed by atoms with Gasteiger partial charge in [-0.15, -0.1) is 0 Å². The summed E-state index contributed by atoms with van der Waals surface area (Å²) < 4.78 is 5.43. The molecule has 0 radical (unpaired) electrons. The number of benzene rings is 2. The van der Waals surface area contributed by atoms with E-state index in [-0.39, 0.29) is 17.5 Å². The highest BCUT2D eigenvalue weighted by molar-refractivity contribution is 6.05. The van der Waals surface area contributed by atoms with Crippen molar-refractivity contribution in [2.75, 3.05) is 31.2 Å². The highest BCUT2D eigenvalue weighted by atomic mass is 16.5. The van der Waals surface area contributed by atoms with Gasteiger partial charge in [0.05, 0.1) is 18.7 Å². The lowest BCUT2D eigenvalue weighted by molar-refractivity contribution is -0.122. The number of carbonyl (C=O) groups excluding carboxylic acids is 2. The molecule has 1 saturated heterocycles. The predicted octanol–water partition coefficient (Wildman–Crippen LogP) is 1.83. The Balaban J connectivity index is 1.37. The number of aromatic nitrogens is 2. The van der Waals surface area contributed by atoms with Crippen LogP contribution in [0.4, 0.5) is 5.69 Å². The van der Waals surface area contributed by atoms with E-state index in [1.807, 2.05) is 42.5 Å². The second kappa shape index (κ2) is 8.96. The predicted molar refractivity (Wildman–Crippen MR) is 114 cm³/mol. The zero-order valence-corrected chi connectivity index (χ0v) is 16.9. The first-order chi connectivity index (χ1) is 14.6. The topological polar surface area (TPSA) is 99.3 Å². The SMILES string of the molecule is CC(NC(=O)c1n[nH]c2ccccc12)C(=O)NCc1ccccc1N1CCOCC1. The zero-order valence-electron chi connectivity index (χ0n) is 16.9. The standard InChI is InChI=1S/C22H25N5O3/c1-15(24-22(29)20-17-7-3-4-8-18(17)25-26-20)21(28)23-14-16-6-2-5-9-19(16)27-10-12-30-13-11-27/h2-9,15H,10-14H2,1H3,(H,23,28)(H,24,29)(H,25,26). The Kier molecular flexibility index (Phi) is 5.94. The number of hydrogen-bond donors (Lipinski definition) is 3. The van der Waals surface area contributed by atoms with Crippen molar-refractivity contribution in [2.24, 2.45) is 0 Å². The Bertz CT molecular complexity index is 1040. The first-order valence-corrected chi connectivity index (χ1v) is 10.1. The second-order valence-corrected chi connectivity index (χ2v) is 7.26. The first kappa shape index (κ1) is 19.9. The smallest absolute Gasteiger partial charge is 0.273 e. The van der Waals surface area contributed by atoms with Gasteiger partial charge in [0, 0.05) is 30.7 Å². The molecule has 30 heavy (non-hydrogen) atoms. The van der Waals surface area contributed by atoms with Crippen LogP contribution in [-0.2, 0) is 16.1 Å². The van der Waals surface area contributed by atoms with Gasteiger partial charge in [0.2, 0.25) is 5.91 Å². The van der Waals surface area contributed by atoms with Gasteiger partial charge < -0.3 is 20.3 Å². The summed E-state index contributed by atoms with van der Waals surface area (Å²) in [5, 5.41) is 13.3. The molecule has 8 nitrogen and oxygen atoms in total. The van der Waals surface area contributed by atoms with E-state index in [0.717, 1.165) is 35.2 Å². The molecule has 1 fully saturated rings. The summed E-state index contributed by atoms with van der Waals surface area (Å²) in [5.74, 6) is -0.635. The summed E-state index contributed by atoms with van der Waals surface area (Å²) in [7, 11) is 0. The molecule has 0 bridgehead atoms. The van der Waals surface area contributed by atoms with Gasteiger partial charge >= 0.3 is 0 Å². The van der Waals surface area contributed by atoms with Gasteiger partial charge in [-0.05, 0) is 24.6 Å². The van der Waals surface area contributed by atoms with Crippen molar-refractivity contribution >= 4 is 28.4 Å². The molecule has 1 aromatic heterocycles. The van der Waals surface area contributed by atoms with Crippen molar-refractivity contribution in [3.63, 3.8) is 0 Å². The van der Waals surface area contributed by atoms with E-state index in [2.05, 4.69) is 31.8 Å². The van der Waals surface area contributed by atoms with Crippen molar-refractivity contribution in [1.82, 2.24) is 20.8 Å². The Hall–Kier alpha value is -3.39. The first-order valence-electron chi connectivity index (χ1n) is 10.1. The van der Waals surface area contributed by atoms with E-state index in [0.29, 0.717) is 19.8 Å². The van der Waals surface area contributed by atoms with Crippen LogP contribution in [0.2, 0.25) is 0 Å². The zero-order chi connectivity index (χ0) is 20.9. The number of aromatic amines is 1. The largest absolute Gasteiger partial charge is 0.378 e. The fourth-order valence-corrected chi connectivity index (χ4v) is 3.58. The molecule has 1 aliphatic heterocycles. The maximum atomic E-state index is 12.6. The Morgan fingerprint density at radius 2 is 1.87 bits per heavy atom. The highest BCUT2D eigenvalue weighted by Crippen LogP contribution is 2.21. The van der Waals surface area contributed by atoms with Gasteiger partial charge in [-0.25, -0.2) is 0 Å². The number of carbonyl (C=O) groups is 2. The number of anilines is 1. The van der Waals surface area contributed by atoms with Gasteiger partial charge in [0.15, 0.2) is 5.69 Å². The third-order valence-corrected chi connectivity index (χ3v) is 5.22. The van der Waals surface area contributed by atoms with Crippen molar-refractivity contribution < 1.29 is 14.3 Å². The lowest BCUT2D eigenvalue weighted by Crippen LogP contribution is -2.45. The summed E-state index contributed by atoms with van der Waals surface area (Å²) >= 11 is 0. The number of ether oxygens (including phenoxy) is 1. The number of morpholine rings is 1. The number of para-hydroxylation sites is 2. The van der Waals surface area contributed by atoms with Crippen LogP contribution < -0.4 is 15.5 Å². The minimum Gasteiger partial charge on any atom is -0.378 e. The molecule has 0 saturated carbocycles. The average Bonchev–Trinajstić information content (AvgIpc) is 3.22. The van der Waals surface area contributed by atoms with Gasteiger partial charge in [0.1, 0.15) is 6.04 Å². The van der Waals surface area contributed by atoms with Crippen LogP contribution in [0.25, 0.3) is 10.9 Å². The van der Waals surface area contributed by atoms with Crippen molar-refractivity contribution in [3.05, 3.63) is 59.8 Å². The molecule has 0 aliphatic carbocycles. The van der Waals surface area contributed by atoms with Crippen molar-refractivity contribution in [3.8, 4) is 0 Å². The molecule has 1 atom stereocenters. The molecular formula is C22H25N5O3.